The van der Waals surface area contributed by atoms with E-state index in [9.17, 15) is 4.79 Å². The number of halogens is 1. The summed E-state index contributed by atoms with van der Waals surface area (Å²) in [5, 5.41) is 8.60. The van der Waals surface area contributed by atoms with E-state index in [2.05, 4.69) is 0 Å². The Morgan fingerprint density at radius 3 is 2.45 bits per heavy atom. The SMILES string of the molecule is Cl.N[C@@H]1CCC[C@@H](C(=O)O)C1. The van der Waals surface area contributed by atoms with Gasteiger partial charge < -0.3 is 10.8 Å². The molecule has 0 aliphatic heterocycles. The molecule has 1 aliphatic rings. The van der Waals surface area contributed by atoms with Gasteiger partial charge in [0.25, 0.3) is 0 Å². The van der Waals surface area contributed by atoms with Gasteiger partial charge in [-0.25, -0.2) is 0 Å². The van der Waals surface area contributed by atoms with E-state index in [1.807, 2.05) is 0 Å². The summed E-state index contributed by atoms with van der Waals surface area (Å²) in [6, 6.07) is 0.120. The molecular weight excluding hydrogens is 166 g/mol. The summed E-state index contributed by atoms with van der Waals surface area (Å²) in [6.45, 7) is 0. The fourth-order valence-electron chi connectivity index (χ4n) is 1.45. The summed E-state index contributed by atoms with van der Waals surface area (Å²) in [7, 11) is 0. The Hall–Kier alpha value is -0.280. The van der Waals surface area contributed by atoms with Crippen molar-refractivity contribution in [2.24, 2.45) is 11.7 Å². The first-order valence-electron chi connectivity index (χ1n) is 3.68. The van der Waals surface area contributed by atoms with Crippen molar-refractivity contribution in [3.63, 3.8) is 0 Å². The molecule has 1 saturated carbocycles. The van der Waals surface area contributed by atoms with Gasteiger partial charge in [-0.15, -0.1) is 12.4 Å². The second kappa shape index (κ2) is 4.57. The number of carbonyl (C=O) groups is 1. The number of carboxylic acids is 1. The van der Waals surface area contributed by atoms with E-state index >= 15 is 0 Å². The molecule has 0 unspecified atom stereocenters. The van der Waals surface area contributed by atoms with E-state index in [1.165, 1.54) is 0 Å². The topological polar surface area (TPSA) is 63.3 Å². The summed E-state index contributed by atoms with van der Waals surface area (Å²) in [4.78, 5) is 10.4. The molecule has 0 bridgehead atoms. The lowest BCUT2D eigenvalue weighted by Gasteiger charge is -2.22. The third-order valence-corrected chi connectivity index (χ3v) is 2.06. The van der Waals surface area contributed by atoms with Crippen molar-refractivity contribution in [1.29, 1.82) is 0 Å². The molecule has 4 heteroatoms. The molecule has 11 heavy (non-hydrogen) atoms. The molecule has 66 valence electrons. The van der Waals surface area contributed by atoms with Gasteiger partial charge in [0.15, 0.2) is 0 Å². The van der Waals surface area contributed by atoms with Crippen LogP contribution in [0.2, 0.25) is 0 Å². The van der Waals surface area contributed by atoms with Crippen molar-refractivity contribution in [3.05, 3.63) is 0 Å². The maximum atomic E-state index is 10.4. The molecule has 3 nitrogen and oxygen atoms in total. The average Bonchev–Trinajstić information content (AvgIpc) is 1.88. The normalized spacial score (nSPS) is 30.6. The number of aliphatic carboxylic acids is 1. The Morgan fingerprint density at radius 2 is 2.09 bits per heavy atom. The minimum Gasteiger partial charge on any atom is -0.481 e. The quantitative estimate of drug-likeness (QED) is 0.632. The summed E-state index contributed by atoms with van der Waals surface area (Å²) in [5.74, 6) is -0.862. The fourth-order valence-corrected chi connectivity index (χ4v) is 1.45. The molecule has 3 N–H and O–H groups in total. The minimum absolute atomic E-state index is 0. The minimum atomic E-state index is -0.685. The second-order valence-electron chi connectivity index (χ2n) is 2.96. The molecule has 0 spiro atoms. The molecule has 1 rings (SSSR count). The highest BCUT2D eigenvalue weighted by Crippen LogP contribution is 2.22. The van der Waals surface area contributed by atoms with Crippen LogP contribution in [0.4, 0.5) is 0 Å². The van der Waals surface area contributed by atoms with Crippen LogP contribution >= 0.6 is 12.4 Å². The van der Waals surface area contributed by atoms with Gasteiger partial charge in [0, 0.05) is 6.04 Å². The molecule has 0 amide bonds. The summed E-state index contributed by atoms with van der Waals surface area (Å²) >= 11 is 0. The number of carboxylic acid groups (broad SMARTS) is 1. The van der Waals surface area contributed by atoms with E-state index in [1.54, 1.807) is 0 Å². The van der Waals surface area contributed by atoms with Crippen LogP contribution in [-0.2, 0) is 4.79 Å². The van der Waals surface area contributed by atoms with Gasteiger partial charge in [-0.1, -0.05) is 6.42 Å². The number of hydrogen-bond acceptors (Lipinski definition) is 2. The average molecular weight is 180 g/mol. The zero-order valence-electron chi connectivity index (χ0n) is 6.32. The smallest absolute Gasteiger partial charge is 0.306 e. The first-order valence-corrected chi connectivity index (χ1v) is 3.68. The number of rotatable bonds is 1. The van der Waals surface area contributed by atoms with E-state index in [4.69, 9.17) is 10.8 Å². The first kappa shape index (κ1) is 10.7. The maximum absolute atomic E-state index is 10.4. The number of hydrogen-bond donors (Lipinski definition) is 2. The van der Waals surface area contributed by atoms with Crippen LogP contribution in [-0.4, -0.2) is 17.1 Å². The highest BCUT2D eigenvalue weighted by molar-refractivity contribution is 5.85. The lowest BCUT2D eigenvalue weighted by atomic mass is 9.86. The maximum Gasteiger partial charge on any atom is 0.306 e. The van der Waals surface area contributed by atoms with Crippen LogP contribution < -0.4 is 5.73 Å². The van der Waals surface area contributed by atoms with Gasteiger partial charge in [-0.2, -0.15) is 0 Å². The Balaban J connectivity index is 0.000001000. The highest BCUT2D eigenvalue weighted by Gasteiger charge is 2.24. The zero-order chi connectivity index (χ0) is 7.56. The van der Waals surface area contributed by atoms with Gasteiger partial charge >= 0.3 is 5.97 Å². The van der Waals surface area contributed by atoms with Crippen molar-refractivity contribution >= 4 is 18.4 Å². The summed E-state index contributed by atoms with van der Waals surface area (Å²) in [6.07, 6.45) is 3.43. The molecule has 0 heterocycles. The van der Waals surface area contributed by atoms with Crippen molar-refractivity contribution in [3.8, 4) is 0 Å². The largest absolute Gasteiger partial charge is 0.481 e. The molecule has 0 aromatic rings. The molecule has 0 radical (unpaired) electrons. The Bertz CT molecular complexity index is 140. The van der Waals surface area contributed by atoms with Crippen LogP contribution in [0.25, 0.3) is 0 Å². The third-order valence-electron chi connectivity index (χ3n) is 2.06. The molecule has 0 saturated heterocycles. The van der Waals surface area contributed by atoms with E-state index in [0.29, 0.717) is 6.42 Å². The van der Waals surface area contributed by atoms with Crippen molar-refractivity contribution in [2.75, 3.05) is 0 Å². The molecule has 1 fully saturated rings. The lowest BCUT2D eigenvalue weighted by molar-refractivity contribution is -0.142. The van der Waals surface area contributed by atoms with Crippen molar-refractivity contribution < 1.29 is 9.90 Å². The summed E-state index contributed by atoms with van der Waals surface area (Å²) in [5.41, 5.74) is 5.60. The Morgan fingerprint density at radius 1 is 1.45 bits per heavy atom. The standard InChI is InChI=1S/C7H13NO2.ClH/c8-6-3-1-2-5(4-6)7(9)10;/h5-6H,1-4,8H2,(H,9,10);1H/t5-,6-;/m1./s1. The van der Waals surface area contributed by atoms with Crippen molar-refractivity contribution in [2.45, 2.75) is 31.7 Å². The van der Waals surface area contributed by atoms with Crippen LogP contribution in [0.15, 0.2) is 0 Å². The van der Waals surface area contributed by atoms with Crippen molar-refractivity contribution in [1.82, 2.24) is 0 Å². The van der Waals surface area contributed by atoms with Crippen LogP contribution in [0.5, 0.6) is 0 Å². The monoisotopic (exact) mass is 179 g/mol. The zero-order valence-corrected chi connectivity index (χ0v) is 7.14. The molecule has 2 atom stereocenters. The Kier molecular flexibility index (Phi) is 4.45. The van der Waals surface area contributed by atoms with E-state index < -0.39 is 5.97 Å². The summed E-state index contributed by atoms with van der Waals surface area (Å²) < 4.78 is 0. The fraction of sp³-hybridized carbons (Fsp3) is 0.857. The molecular formula is C7H14ClNO2. The van der Waals surface area contributed by atoms with Gasteiger partial charge in [0.1, 0.15) is 0 Å². The van der Waals surface area contributed by atoms with E-state index in [-0.39, 0.29) is 24.4 Å². The second-order valence-corrected chi connectivity index (χ2v) is 2.96. The predicted octanol–water partition coefficient (Wildman–Crippen LogP) is 1.01. The molecule has 1 aliphatic carbocycles. The van der Waals surface area contributed by atoms with Crippen LogP contribution in [0.3, 0.4) is 0 Å². The predicted molar refractivity (Wildman–Crippen MR) is 44.8 cm³/mol. The van der Waals surface area contributed by atoms with Gasteiger partial charge in [-0.05, 0) is 19.3 Å². The highest BCUT2D eigenvalue weighted by atomic mass is 35.5. The van der Waals surface area contributed by atoms with Gasteiger partial charge in [-0.3, -0.25) is 4.79 Å². The van der Waals surface area contributed by atoms with Gasteiger partial charge in [0.2, 0.25) is 0 Å². The van der Waals surface area contributed by atoms with Crippen LogP contribution in [0.1, 0.15) is 25.7 Å². The van der Waals surface area contributed by atoms with Crippen LogP contribution in [0, 0.1) is 5.92 Å². The lowest BCUT2D eigenvalue weighted by Crippen LogP contribution is -2.31. The number of nitrogens with two attached hydrogens (primary N) is 1. The van der Waals surface area contributed by atoms with Gasteiger partial charge in [0.05, 0.1) is 5.92 Å². The molecule has 0 aromatic carbocycles. The third kappa shape index (κ3) is 3.08. The molecule has 0 aromatic heterocycles. The Labute approximate surface area is 72.4 Å². The van der Waals surface area contributed by atoms with E-state index in [0.717, 1.165) is 19.3 Å². The first-order chi connectivity index (χ1) is 4.70.